The maximum absolute atomic E-state index is 4.20. The lowest BCUT2D eigenvalue weighted by molar-refractivity contribution is 0.198. The first-order valence-corrected chi connectivity index (χ1v) is 8.26. The number of nitrogens with zero attached hydrogens (tertiary/aromatic N) is 2. The van der Waals surface area contributed by atoms with Gasteiger partial charge in [-0.25, -0.2) is 0 Å². The van der Waals surface area contributed by atoms with Crippen LogP contribution in [0.4, 0.5) is 0 Å². The summed E-state index contributed by atoms with van der Waals surface area (Å²) < 4.78 is 0. The van der Waals surface area contributed by atoms with Crippen LogP contribution in [0.1, 0.15) is 25.3 Å². The van der Waals surface area contributed by atoms with E-state index >= 15 is 0 Å². The van der Waals surface area contributed by atoms with Crippen molar-refractivity contribution < 1.29 is 0 Å². The van der Waals surface area contributed by atoms with Crippen LogP contribution in [-0.4, -0.2) is 40.8 Å². The van der Waals surface area contributed by atoms with Gasteiger partial charge in [0.05, 0.1) is 16.8 Å². The largest absolute Gasteiger partial charge is 0.309 e. The summed E-state index contributed by atoms with van der Waals surface area (Å²) in [5.74, 6) is 0. The summed E-state index contributed by atoms with van der Waals surface area (Å²) in [5.41, 5.74) is 2.43. The van der Waals surface area contributed by atoms with Gasteiger partial charge in [0, 0.05) is 24.7 Å². The van der Waals surface area contributed by atoms with Crippen molar-refractivity contribution in [1.29, 1.82) is 0 Å². The number of thiophene rings is 1. The molecule has 0 unspecified atom stereocenters. The van der Waals surface area contributed by atoms with E-state index < -0.39 is 0 Å². The molecule has 0 amide bonds. The number of rotatable bonds is 5. The van der Waals surface area contributed by atoms with Gasteiger partial charge in [0.2, 0.25) is 0 Å². The molecule has 2 N–H and O–H groups in total. The molecule has 0 bridgehead atoms. The van der Waals surface area contributed by atoms with Gasteiger partial charge in [0.25, 0.3) is 0 Å². The highest BCUT2D eigenvalue weighted by Crippen LogP contribution is 2.25. The molecule has 2 aromatic rings. The van der Waals surface area contributed by atoms with Gasteiger partial charge in [0.1, 0.15) is 0 Å². The zero-order valence-electron chi connectivity index (χ0n) is 11.9. The van der Waals surface area contributed by atoms with Crippen molar-refractivity contribution in [2.45, 2.75) is 32.4 Å². The minimum Gasteiger partial charge on any atom is -0.309 e. The van der Waals surface area contributed by atoms with E-state index in [-0.39, 0.29) is 0 Å². The summed E-state index contributed by atoms with van der Waals surface area (Å²) in [5, 5.41) is 13.1. The second-order valence-electron chi connectivity index (χ2n) is 5.36. The van der Waals surface area contributed by atoms with E-state index in [1.165, 1.54) is 36.4 Å². The van der Waals surface area contributed by atoms with Crippen LogP contribution >= 0.6 is 11.3 Å². The van der Waals surface area contributed by atoms with Crippen LogP contribution in [0, 0.1) is 0 Å². The number of H-pyrrole nitrogens is 1. The number of aromatic amines is 1. The molecule has 3 heterocycles. The van der Waals surface area contributed by atoms with Gasteiger partial charge >= 0.3 is 0 Å². The molecule has 0 aromatic carbocycles. The van der Waals surface area contributed by atoms with Crippen molar-refractivity contribution in [3.63, 3.8) is 0 Å². The summed E-state index contributed by atoms with van der Waals surface area (Å²) in [6, 6.07) is 4.83. The van der Waals surface area contributed by atoms with E-state index in [2.05, 4.69) is 44.9 Å². The van der Waals surface area contributed by atoms with Crippen LogP contribution in [0.3, 0.4) is 0 Å². The third kappa shape index (κ3) is 3.11. The second-order valence-corrected chi connectivity index (χ2v) is 6.31. The number of hydrogen-bond donors (Lipinski definition) is 2. The zero-order chi connectivity index (χ0) is 13.8. The molecule has 1 saturated heterocycles. The van der Waals surface area contributed by atoms with Crippen molar-refractivity contribution in [2.75, 3.05) is 19.6 Å². The first kappa shape index (κ1) is 13.8. The average Bonchev–Trinajstić information content (AvgIpc) is 3.16. The summed E-state index contributed by atoms with van der Waals surface area (Å²) in [7, 11) is 0. The Kier molecular flexibility index (Phi) is 4.50. The molecule has 5 heteroatoms. The SMILES string of the molecule is CCN1CCC[C@H](NCc2cn[nH]c2-c2cccs2)C1. The smallest absolute Gasteiger partial charge is 0.0794 e. The first-order chi connectivity index (χ1) is 9.86. The molecule has 0 aliphatic carbocycles. The maximum atomic E-state index is 4.20. The van der Waals surface area contributed by atoms with Crippen molar-refractivity contribution in [2.24, 2.45) is 0 Å². The van der Waals surface area contributed by atoms with E-state index in [9.17, 15) is 0 Å². The van der Waals surface area contributed by atoms with Crippen LogP contribution in [0.15, 0.2) is 23.7 Å². The fraction of sp³-hybridized carbons (Fsp3) is 0.533. The van der Waals surface area contributed by atoms with Gasteiger partial charge in [-0.3, -0.25) is 5.10 Å². The standard InChI is InChI=1S/C15H22N4S/c1-2-19-7-3-5-13(11-19)16-9-12-10-17-18-15(12)14-6-4-8-20-14/h4,6,8,10,13,16H,2-3,5,7,9,11H2,1H3,(H,17,18)/t13-/m0/s1. The summed E-state index contributed by atoms with van der Waals surface area (Å²) in [6.45, 7) is 6.72. The van der Waals surface area contributed by atoms with Gasteiger partial charge < -0.3 is 10.2 Å². The van der Waals surface area contributed by atoms with Crippen LogP contribution in [0.5, 0.6) is 0 Å². The molecule has 0 saturated carbocycles. The molecule has 0 spiro atoms. The number of likely N-dealkylation sites (N-methyl/N-ethyl adjacent to an activating group) is 1. The Bertz CT molecular complexity index is 520. The fourth-order valence-electron chi connectivity index (χ4n) is 2.84. The van der Waals surface area contributed by atoms with Gasteiger partial charge in [-0.05, 0) is 37.4 Å². The Labute approximate surface area is 124 Å². The molecule has 3 rings (SSSR count). The highest BCUT2D eigenvalue weighted by molar-refractivity contribution is 7.13. The van der Waals surface area contributed by atoms with Gasteiger partial charge in [-0.1, -0.05) is 13.0 Å². The van der Waals surface area contributed by atoms with Crippen LogP contribution in [0.2, 0.25) is 0 Å². The van der Waals surface area contributed by atoms with E-state index in [0.717, 1.165) is 18.8 Å². The molecule has 1 fully saturated rings. The van der Waals surface area contributed by atoms with Gasteiger partial charge in [-0.2, -0.15) is 5.10 Å². The Balaban J connectivity index is 1.60. The monoisotopic (exact) mass is 290 g/mol. The van der Waals surface area contributed by atoms with Gasteiger partial charge in [-0.15, -0.1) is 11.3 Å². The number of nitrogens with one attached hydrogen (secondary N) is 2. The van der Waals surface area contributed by atoms with Crippen LogP contribution in [0.25, 0.3) is 10.6 Å². The molecule has 0 radical (unpaired) electrons. The van der Waals surface area contributed by atoms with Gasteiger partial charge in [0.15, 0.2) is 0 Å². The van der Waals surface area contributed by atoms with Crippen molar-refractivity contribution in [1.82, 2.24) is 20.4 Å². The molecule has 1 aliphatic rings. The molecule has 20 heavy (non-hydrogen) atoms. The quantitative estimate of drug-likeness (QED) is 0.890. The summed E-state index contributed by atoms with van der Waals surface area (Å²) in [6.07, 6.45) is 4.53. The Morgan fingerprint density at radius 1 is 1.55 bits per heavy atom. The average molecular weight is 290 g/mol. The maximum Gasteiger partial charge on any atom is 0.0794 e. The Morgan fingerprint density at radius 3 is 3.30 bits per heavy atom. The molecule has 1 atom stereocenters. The molecule has 4 nitrogen and oxygen atoms in total. The van der Waals surface area contributed by atoms with E-state index in [1.54, 1.807) is 11.3 Å². The summed E-state index contributed by atoms with van der Waals surface area (Å²) in [4.78, 5) is 3.79. The number of hydrogen-bond acceptors (Lipinski definition) is 4. The van der Waals surface area contributed by atoms with Crippen LogP contribution < -0.4 is 5.32 Å². The highest BCUT2D eigenvalue weighted by atomic mass is 32.1. The minimum absolute atomic E-state index is 0.606. The number of likely N-dealkylation sites (tertiary alicyclic amines) is 1. The predicted molar refractivity (Wildman–Crippen MR) is 83.9 cm³/mol. The first-order valence-electron chi connectivity index (χ1n) is 7.38. The third-order valence-electron chi connectivity index (χ3n) is 4.02. The molecule has 1 aliphatic heterocycles. The second kappa shape index (κ2) is 6.52. The van der Waals surface area contributed by atoms with E-state index in [4.69, 9.17) is 0 Å². The fourth-order valence-corrected chi connectivity index (χ4v) is 3.60. The van der Waals surface area contributed by atoms with E-state index in [0.29, 0.717) is 6.04 Å². The topological polar surface area (TPSA) is 44.0 Å². The molecule has 108 valence electrons. The Hall–Kier alpha value is -1.17. The minimum atomic E-state index is 0.606. The lowest BCUT2D eigenvalue weighted by Gasteiger charge is -2.32. The molecule has 2 aromatic heterocycles. The lowest BCUT2D eigenvalue weighted by Crippen LogP contribution is -2.45. The highest BCUT2D eigenvalue weighted by Gasteiger charge is 2.18. The van der Waals surface area contributed by atoms with Crippen molar-refractivity contribution in [3.8, 4) is 10.6 Å². The summed E-state index contributed by atoms with van der Waals surface area (Å²) >= 11 is 1.75. The predicted octanol–water partition coefficient (Wildman–Crippen LogP) is 2.71. The molecular formula is C15H22N4S. The van der Waals surface area contributed by atoms with Crippen molar-refractivity contribution >= 4 is 11.3 Å². The third-order valence-corrected chi connectivity index (χ3v) is 4.91. The zero-order valence-corrected chi connectivity index (χ0v) is 12.7. The number of piperidine rings is 1. The lowest BCUT2D eigenvalue weighted by atomic mass is 10.1. The number of aromatic nitrogens is 2. The molecular weight excluding hydrogens is 268 g/mol. The van der Waals surface area contributed by atoms with Crippen molar-refractivity contribution in [3.05, 3.63) is 29.3 Å². The Morgan fingerprint density at radius 2 is 2.50 bits per heavy atom. The van der Waals surface area contributed by atoms with E-state index in [1.807, 2.05) is 6.20 Å². The van der Waals surface area contributed by atoms with Crippen LogP contribution in [-0.2, 0) is 6.54 Å². The normalized spacial score (nSPS) is 20.4.